The van der Waals surface area contributed by atoms with Crippen molar-refractivity contribution in [2.45, 2.75) is 42.4 Å². The van der Waals surface area contributed by atoms with Gasteiger partial charge in [-0.05, 0) is 24.6 Å². The van der Waals surface area contributed by atoms with Crippen molar-refractivity contribution in [1.82, 2.24) is 19.7 Å². The molecule has 5 nitrogen and oxygen atoms in total. The highest BCUT2D eigenvalue weighted by molar-refractivity contribution is 7.99. The lowest BCUT2D eigenvalue weighted by molar-refractivity contribution is 0.550. The van der Waals surface area contributed by atoms with Gasteiger partial charge < -0.3 is 10.3 Å². The third kappa shape index (κ3) is 2.47. The van der Waals surface area contributed by atoms with Gasteiger partial charge in [0.15, 0.2) is 22.6 Å². The second-order valence-electron chi connectivity index (χ2n) is 4.61. The van der Waals surface area contributed by atoms with Crippen molar-refractivity contribution in [2.24, 2.45) is 0 Å². The standard InChI is InChI=1S/C12H13F2N5S/c13-7-6-8(14)11(16-10(7)15)20-12-18-17-9-4-2-1-3-5-19(9)12/h6H,1-5H2,(H2,15,16). The fraction of sp³-hybridized carbons (Fsp3) is 0.417. The van der Waals surface area contributed by atoms with E-state index < -0.39 is 11.6 Å². The van der Waals surface area contributed by atoms with Crippen LogP contribution in [0.4, 0.5) is 14.6 Å². The van der Waals surface area contributed by atoms with E-state index in [4.69, 9.17) is 5.73 Å². The minimum Gasteiger partial charge on any atom is -0.381 e. The molecule has 0 radical (unpaired) electrons. The van der Waals surface area contributed by atoms with Crippen molar-refractivity contribution in [3.05, 3.63) is 23.5 Å². The van der Waals surface area contributed by atoms with E-state index in [1.807, 2.05) is 4.57 Å². The second kappa shape index (κ2) is 5.35. The Kier molecular flexibility index (Phi) is 3.56. The number of nitrogens with two attached hydrogens (primary N) is 1. The molecule has 0 unspecified atom stereocenters. The van der Waals surface area contributed by atoms with Crippen molar-refractivity contribution in [1.29, 1.82) is 0 Å². The van der Waals surface area contributed by atoms with Crippen LogP contribution >= 0.6 is 11.8 Å². The zero-order chi connectivity index (χ0) is 14.1. The Balaban J connectivity index is 1.92. The first-order valence-corrected chi connectivity index (χ1v) is 7.18. The monoisotopic (exact) mass is 297 g/mol. The number of fused-ring (bicyclic) bond motifs is 1. The van der Waals surface area contributed by atoms with Gasteiger partial charge in [-0.25, -0.2) is 13.8 Å². The molecule has 0 aromatic carbocycles. The molecule has 0 saturated carbocycles. The summed E-state index contributed by atoms with van der Waals surface area (Å²) >= 11 is 1.02. The van der Waals surface area contributed by atoms with Gasteiger partial charge in [-0.1, -0.05) is 6.42 Å². The van der Waals surface area contributed by atoms with Crippen molar-refractivity contribution in [3.8, 4) is 0 Å². The fourth-order valence-electron chi connectivity index (χ4n) is 2.16. The Hall–Kier alpha value is -1.70. The molecule has 0 fully saturated rings. The van der Waals surface area contributed by atoms with Gasteiger partial charge in [0.25, 0.3) is 0 Å². The van der Waals surface area contributed by atoms with Crippen LogP contribution in [0.2, 0.25) is 0 Å². The largest absolute Gasteiger partial charge is 0.381 e. The summed E-state index contributed by atoms with van der Waals surface area (Å²) in [7, 11) is 0. The van der Waals surface area contributed by atoms with Gasteiger partial charge in [-0.2, -0.15) is 0 Å². The third-order valence-corrected chi connectivity index (χ3v) is 4.15. The van der Waals surface area contributed by atoms with Gasteiger partial charge in [-0.15, -0.1) is 10.2 Å². The van der Waals surface area contributed by atoms with E-state index in [1.54, 1.807) is 0 Å². The van der Waals surface area contributed by atoms with Crippen LogP contribution in [0, 0.1) is 11.6 Å². The van der Waals surface area contributed by atoms with Gasteiger partial charge in [-0.3, -0.25) is 0 Å². The van der Waals surface area contributed by atoms with Gasteiger partial charge in [0.05, 0.1) is 0 Å². The summed E-state index contributed by atoms with van der Waals surface area (Å²) in [6.45, 7) is 0.808. The number of hydrogen-bond acceptors (Lipinski definition) is 5. The van der Waals surface area contributed by atoms with Crippen LogP contribution < -0.4 is 5.73 Å². The van der Waals surface area contributed by atoms with E-state index in [0.717, 1.165) is 55.9 Å². The van der Waals surface area contributed by atoms with Crippen LogP contribution in [-0.2, 0) is 13.0 Å². The van der Waals surface area contributed by atoms with Crippen molar-refractivity contribution < 1.29 is 8.78 Å². The molecule has 8 heteroatoms. The molecular formula is C12H13F2N5S. The molecule has 0 bridgehead atoms. The average Bonchev–Trinajstić information content (AvgIpc) is 2.65. The SMILES string of the molecule is Nc1nc(Sc2nnc3n2CCCCC3)c(F)cc1F. The summed E-state index contributed by atoms with van der Waals surface area (Å²) in [5.41, 5.74) is 5.37. The first kappa shape index (κ1) is 13.3. The topological polar surface area (TPSA) is 69.6 Å². The van der Waals surface area contributed by atoms with Gasteiger partial charge >= 0.3 is 0 Å². The summed E-state index contributed by atoms with van der Waals surface area (Å²) in [5, 5.41) is 8.77. The number of nitrogens with zero attached hydrogens (tertiary/aromatic N) is 4. The van der Waals surface area contributed by atoms with E-state index in [0.29, 0.717) is 5.16 Å². The lowest BCUT2D eigenvalue weighted by Gasteiger charge is -2.07. The summed E-state index contributed by atoms with van der Waals surface area (Å²) in [6, 6.07) is 0.740. The van der Waals surface area contributed by atoms with E-state index in [2.05, 4.69) is 15.2 Å². The molecular weight excluding hydrogens is 284 g/mol. The van der Waals surface area contributed by atoms with Gasteiger partial charge in [0, 0.05) is 19.0 Å². The van der Waals surface area contributed by atoms with Crippen LogP contribution in [0.25, 0.3) is 0 Å². The molecule has 0 atom stereocenters. The first-order valence-electron chi connectivity index (χ1n) is 6.36. The Morgan fingerprint density at radius 2 is 2.00 bits per heavy atom. The zero-order valence-electron chi connectivity index (χ0n) is 10.6. The first-order chi connectivity index (χ1) is 9.65. The molecule has 3 heterocycles. The predicted molar refractivity (Wildman–Crippen MR) is 70.3 cm³/mol. The maximum absolute atomic E-state index is 13.7. The summed E-state index contributed by atoms with van der Waals surface area (Å²) in [6.07, 6.45) is 4.14. The van der Waals surface area contributed by atoms with Crippen LogP contribution in [0.5, 0.6) is 0 Å². The minimum atomic E-state index is -0.855. The lowest BCUT2D eigenvalue weighted by Crippen LogP contribution is -2.03. The highest BCUT2D eigenvalue weighted by Crippen LogP contribution is 2.30. The van der Waals surface area contributed by atoms with Crippen LogP contribution in [0.15, 0.2) is 16.2 Å². The molecule has 1 aliphatic rings. The maximum atomic E-state index is 13.7. The highest BCUT2D eigenvalue weighted by Gasteiger charge is 2.18. The molecule has 2 aromatic rings. The predicted octanol–water partition coefficient (Wildman–Crippen LogP) is 2.41. The molecule has 0 aliphatic carbocycles. The zero-order valence-corrected chi connectivity index (χ0v) is 11.5. The normalized spacial score (nSPS) is 14.9. The number of hydrogen-bond donors (Lipinski definition) is 1. The number of aromatic nitrogens is 4. The summed E-state index contributed by atoms with van der Waals surface area (Å²) in [5.74, 6) is -1.01. The van der Waals surface area contributed by atoms with Gasteiger partial charge in [0.2, 0.25) is 0 Å². The minimum absolute atomic E-state index is 0.0170. The van der Waals surface area contributed by atoms with Crippen LogP contribution in [0.3, 0.4) is 0 Å². The second-order valence-corrected chi connectivity index (χ2v) is 5.56. The fourth-order valence-corrected chi connectivity index (χ4v) is 3.02. The smallest absolute Gasteiger partial charge is 0.197 e. The van der Waals surface area contributed by atoms with Crippen molar-refractivity contribution >= 4 is 17.6 Å². The summed E-state index contributed by atoms with van der Waals surface area (Å²) in [4.78, 5) is 3.73. The number of aryl methyl sites for hydroxylation is 1. The Morgan fingerprint density at radius 1 is 1.15 bits per heavy atom. The maximum Gasteiger partial charge on any atom is 0.197 e. The van der Waals surface area contributed by atoms with E-state index in [1.165, 1.54) is 0 Å². The Bertz CT molecular complexity index is 643. The van der Waals surface area contributed by atoms with Crippen molar-refractivity contribution in [2.75, 3.05) is 5.73 Å². The lowest BCUT2D eigenvalue weighted by atomic mass is 10.2. The van der Waals surface area contributed by atoms with E-state index in [9.17, 15) is 8.78 Å². The quantitative estimate of drug-likeness (QED) is 0.922. The molecule has 20 heavy (non-hydrogen) atoms. The molecule has 2 aromatic heterocycles. The molecule has 3 rings (SSSR count). The number of rotatable bonds is 2. The number of pyridine rings is 1. The molecule has 106 valence electrons. The molecule has 0 saturated heterocycles. The van der Waals surface area contributed by atoms with E-state index in [-0.39, 0.29) is 10.8 Å². The van der Waals surface area contributed by atoms with Crippen LogP contribution in [0.1, 0.15) is 25.1 Å². The summed E-state index contributed by atoms with van der Waals surface area (Å²) < 4.78 is 28.8. The Morgan fingerprint density at radius 3 is 2.85 bits per heavy atom. The number of nitrogen functional groups attached to an aromatic ring is 1. The van der Waals surface area contributed by atoms with E-state index >= 15 is 0 Å². The van der Waals surface area contributed by atoms with Gasteiger partial charge in [0.1, 0.15) is 10.9 Å². The average molecular weight is 297 g/mol. The molecule has 2 N–H and O–H groups in total. The van der Waals surface area contributed by atoms with Crippen LogP contribution in [-0.4, -0.2) is 19.7 Å². The number of anilines is 1. The van der Waals surface area contributed by atoms with Crippen molar-refractivity contribution in [3.63, 3.8) is 0 Å². The molecule has 0 spiro atoms. The highest BCUT2D eigenvalue weighted by atomic mass is 32.2. The molecule has 1 aliphatic heterocycles. The molecule has 0 amide bonds. The Labute approximate surface area is 118 Å². The number of halogens is 2. The third-order valence-electron chi connectivity index (χ3n) is 3.19.